The van der Waals surface area contributed by atoms with E-state index < -0.39 is 0 Å². The lowest BCUT2D eigenvalue weighted by molar-refractivity contribution is 0.104. The van der Waals surface area contributed by atoms with Crippen molar-refractivity contribution in [1.82, 2.24) is 25.1 Å². The van der Waals surface area contributed by atoms with Crippen molar-refractivity contribution in [2.75, 3.05) is 30.3 Å². The second kappa shape index (κ2) is 8.83. The predicted molar refractivity (Wildman–Crippen MR) is 126 cm³/mol. The van der Waals surface area contributed by atoms with Crippen LogP contribution in [-0.2, 0) is 17.8 Å². The van der Waals surface area contributed by atoms with E-state index in [1.54, 1.807) is 0 Å². The summed E-state index contributed by atoms with van der Waals surface area (Å²) in [6, 6.07) is 20.7. The minimum absolute atomic E-state index is 0.142. The number of fused-ring (bicyclic) bond motifs is 1. The zero-order chi connectivity index (χ0) is 22.9. The van der Waals surface area contributed by atoms with Crippen molar-refractivity contribution in [3.63, 3.8) is 0 Å². The molecule has 1 aliphatic heterocycles. The lowest BCUT2D eigenvalue weighted by Crippen LogP contribution is -2.25. The summed E-state index contributed by atoms with van der Waals surface area (Å²) in [6.45, 7) is 3.24. The number of hydrogen-bond donors (Lipinski definition) is 1. The first-order chi connectivity index (χ1) is 16.7. The quantitative estimate of drug-likeness (QED) is 0.428. The number of nitrogens with two attached hydrogens (primary N) is 1. The highest BCUT2D eigenvalue weighted by Gasteiger charge is 2.56. The summed E-state index contributed by atoms with van der Waals surface area (Å²) in [5.74, 6) is 3.18. The summed E-state index contributed by atoms with van der Waals surface area (Å²) in [6.07, 6.45) is 0.550. The van der Waals surface area contributed by atoms with E-state index in [-0.39, 0.29) is 5.95 Å². The van der Waals surface area contributed by atoms with E-state index in [2.05, 4.69) is 42.1 Å². The molecule has 4 aromatic rings. The Hall–Kier alpha value is -3.85. The highest BCUT2D eigenvalue weighted by molar-refractivity contribution is 5.47. The Labute approximate surface area is 197 Å². The molecule has 0 amide bonds. The zero-order valence-corrected chi connectivity index (χ0v) is 18.6. The van der Waals surface area contributed by atoms with E-state index in [0.717, 1.165) is 25.3 Å². The Kier molecular flexibility index (Phi) is 5.38. The van der Waals surface area contributed by atoms with Gasteiger partial charge in [0.2, 0.25) is 17.6 Å². The maximum atomic E-state index is 5.94. The van der Waals surface area contributed by atoms with Crippen LogP contribution in [0.3, 0.4) is 0 Å². The molecule has 9 heteroatoms. The van der Waals surface area contributed by atoms with Gasteiger partial charge in [0.1, 0.15) is 5.82 Å². The Morgan fingerprint density at radius 2 is 1.56 bits per heavy atom. The summed E-state index contributed by atoms with van der Waals surface area (Å²) in [5.41, 5.74) is 8.22. The van der Waals surface area contributed by atoms with Crippen molar-refractivity contribution in [1.29, 1.82) is 0 Å². The van der Waals surface area contributed by atoms with Crippen molar-refractivity contribution >= 4 is 12.0 Å². The van der Waals surface area contributed by atoms with E-state index in [1.807, 2.05) is 48.5 Å². The van der Waals surface area contributed by atoms with Gasteiger partial charge in [-0.2, -0.15) is 15.0 Å². The number of aromatic nitrogens is 5. The van der Waals surface area contributed by atoms with Gasteiger partial charge in [-0.3, -0.25) is 0 Å². The Bertz CT molecular complexity index is 1250. The molecular weight excluding hydrogens is 430 g/mol. The first-order valence-electron chi connectivity index (χ1n) is 11.5. The Morgan fingerprint density at radius 1 is 0.853 bits per heavy atom. The van der Waals surface area contributed by atoms with E-state index in [1.165, 1.54) is 5.56 Å². The van der Waals surface area contributed by atoms with Crippen molar-refractivity contribution in [3.8, 4) is 11.6 Å². The number of ether oxygens (including phenoxy) is 1. The molecular formula is C25H25N7O2. The molecule has 1 saturated carbocycles. The van der Waals surface area contributed by atoms with E-state index in [4.69, 9.17) is 15.0 Å². The topological polar surface area (TPSA) is 116 Å². The predicted octanol–water partition coefficient (Wildman–Crippen LogP) is 2.99. The van der Waals surface area contributed by atoms with Crippen molar-refractivity contribution in [2.45, 2.75) is 13.0 Å². The lowest BCUT2D eigenvalue weighted by atomic mass is 10.1. The number of piperidine rings is 1. The molecule has 1 unspecified atom stereocenters. The van der Waals surface area contributed by atoms with Gasteiger partial charge in [0.05, 0.1) is 13.2 Å². The summed E-state index contributed by atoms with van der Waals surface area (Å²) in [5, 5.41) is 4.10. The first-order valence-corrected chi connectivity index (χ1v) is 11.5. The first kappa shape index (κ1) is 20.7. The molecule has 172 valence electrons. The number of anilines is 2. The number of benzene rings is 2. The summed E-state index contributed by atoms with van der Waals surface area (Å²) < 4.78 is 11.5. The van der Waals surface area contributed by atoms with Crippen LogP contribution in [0.15, 0.2) is 65.2 Å². The van der Waals surface area contributed by atoms with Crippen LogP contribution >= 0.6 is 0 Å². The van der Waals surface area contributed by atoms with E-state index in [0.29, 0.717) is 54.3 Å². The molecule has 0 bridgehead atoms. The number of nitrogens with zero attached hydrogens (tertiary/aromatic N) is 6. The molecule has 34 heavy (non-hydrogen) atoms. The molecule has 0 spiro atoms. The van der Waals surface area contributed by atoms with Gasteiger partial charge in [0, 0.05) is 19.5 Å². The Balaban J connectivity index is 1.06. The fourth-order valence-electron chi connectivity index (χ4n) is 4.77. The molecule has 9 nitrogen and oxygen atoms in total. The van der Waals surface area contributed by atoms with Crippen LogP contribution in [0.5, 0.6) is 0 Å². The number of nitrogen functional groups attached to an aromatic ring is 1. The van der Waals surface area contributed by atoms with Gasteiger partial charge in [-0.1, -0.05) is 65.8 Å². The van der Waals surface area contributed by atoms with Gasteiger partial charge in [-0.05, 0) is 28.9 Å². The molecule has 0 radical (unpaired) electrons. The Morgan fingerprint density at radius 3 is 2.29 bits per heavy atom. The van der Waals surface area contributed by atoms with Gasteiger partial charge < -0.3 is 19.9 Å². The molecule has 2 N–H and O–H groups in total. The maximum absolute atomic E-state index is 5.94. The standard InChI is InChI=1S/C25H25N7O2/c26-24-28-21(11-16-7-3-1-4-8-16)27-22(29-24)23-30-25(34-31-23)32-12-18-19(13-32)20(18)15-33-14-17-9-5-2-6-10-17/h1-10,18-20H,11-15H2,(H2,26,27,28,29)/t18-,19+,20?. The molecule has 2 aliphatic rings. The van der Waals surface area contributed by atoms with E-state index >= 15 is 0 Å². The average Bonchev–Trinajstić information content (AvgIpc) is 3.23. The summed E-state index contributed by atoms with van der Waals surface area (Å²) in [7, 11) is 0. The van der Waals surface area contributed by atoms with Gasteiger partial charge in [0.15, 0.2) is 0 Å². The number of rotatable bonds is 8. The third-order valence-corrected chi connectivity index (χ3v) is 6.58. The van der Waals surface area contributed by atoms with Gasteiger partial charge >= 0.3 is 6.01 Å². The molecule has 3 atom stereocenters. The molecule has 1 aliphatic carbocycles. The highest BCUT2D eigenvalue weighted by Crippen LogP contribution is 2.52. The second-order valence-corrected chi connectivity index (χ2v) is 8.89. The van der Waals surface area contributed by atoms with Crippen LogP contribution in [0.2, 0.25) is 0 Å². The second-order valence-electron chi connectivity index (χ2n) is 8.89. The highest BCUT2D eigenvalue weighted by atomic mass is 16.5. The van der Waals surface area contributed by atoms with Crippen LogP contribution in [0, 0.1) is 17.8 Å². The third kappa shape index (κ3) is 4.34. The van der Waals surface area contributed by atoms with Crippen molar-refractivity contribution in [2.24, 2.45) is 17.8 Å². The summed E-state index contributed by atoms with van der Waals surface area (Å²) >= 11 is 0. The van der Waals surface area contributed by atoms with Crippen LogP contribution in [0.4, 0.5) is 12.0 Å². The molecule has 2 fully saturated rings. The van der Waals surface area contributed by atoms with Gasteiger partial charge in [-0.25, -0.2) is 4.98 Å². The lowest BCUT2D eigenvalue weighted by Gasteiger charge is -2.16. The third-order valence-electron chi connectivity index (χ3n) is 6.58. The monoisotopic (exact) mass is 455 g/mol. The van der Waals surface area contributed by atoms with Crippen LogP contribution in [0.25, 0.3) is 11.6 Å². The minimum atomic E-state index is 0.142. The van der Waals surface area contributed by atoms with Crippen LogP contribution < -0.4 is 10.6 Å². The molecule has 3 heterocycles. The van der Waals surface area contributed by atoms with Crippen molar-refractivity contribution < 1.29 is 9.26 Å². The van der Waals surface area contributed by atoms with Crippen molar-refractivity contribution in [3.05, 3.63) is 77.6 Å². The number of hydrogen-bond acceptors (Lipinski definition) is 9. The largest absolute Gasteiger partial charge is 0.376 e. The molecule has 2 aromatic carbocycles. The summed E-state index contributed by atoms with van der Waals surface area (Å²) in [4.78, 5) is 19.7. The normalized spacial score (nSPS) is 20.9. The molecule has 6 rings (SSSR count). The maximum Gasteiger partial charge on any atom is 0.324 e. The van der Waals surface area contributed by atoms with Crippen LogP contribution in [0.1, 0.15) is 17.0 Å². The smallest absolute Gasteiger partial charge is 0.324 e. The zero-order valence-electron chi connectivity index (χ0n) is 18.6. The SMILES string of the molecule is Nc1nc(Cc2ccccc2)nc(-c2noc(N3C[C@@H]4C(COCc5ccccc5)[C@@H]4C3)n2)n1. The fourth-order valence-corrected chi connectivity index (χ4v) is 4.77. The van der Waals surface area contributed by atoms with Crippen LogP contribution in [-0.4, -0.2) is 44.8 Å². The van der Waals surface area contributed by atoms with Gasteiger partial charge in [0.25, 0.3) is 0 Å². The van der Waals surface area contributed by atoms with Gasteiger partial charge in [-0.15, -0.1) is 0 Å². The minimum Gasteiger partial charge on any atom is -0.376 e. The molecule has 2 aromatic heterocycles. The van der Waals surface area contributed by atoms with E-state index in [9.17, 15) is 0 Å². The molecule has 1 saturated heterocycles. The fraction of sp³-hybridized carbons (Fsp3) is 0.320. The average molecular weight is 456 g/mol.